The van der Waals surface area contributed by atoms with Crippen LogP contribution in [0.3, 0.4) is 0 Å². The topological polar surface area (TPSA) is 38.9 Å². The molecule has 0 spiro atoms. The highest BCUT2D eigenvalue weighted by Crippen LogP contribution is 2.16. The van der Waals surface area contributed by atoms with Crippen molar-refractivity contribution in [2.24, 2.45) is 5.73 Å². The van der Waals surface area contributed by atoms with Crippen LogP contribution >= 0.6 is 0 Å². The fourth-order valence-electron chi connectivity index (χ4n) is 1.46. The molecule has 0 saturated heterocycles. The molecule has 0 bridgehead atoms. The lowest BCUT2D eigenvalue weighted by Crippen LogP contribution is -1.92. The second-order valence-electron chi connectivity index (χ2n) is 3.06. The van der Waals surface area contributed by atoms with E-state index < -0.39 is 0 Å². The number of fused-ring (bicyclic) bond motifs is 1. The minimum absolute atomic E-state index is 0.559. The van der Waals surface area contributed by atoms with Crippen LogP contribution in [0.5, 0.6) is 0 Å². The minimum atomic E-state index is 0.559. The van der Waals surface area contributed by atoms with Crippen molar-refractivity contribution in [1.29, 1.82) is 0 Å². The molecule has 0 saturated carbocycles. The van der Waals surface area contributed by atoms with Crippen LogP contribution in [0.1, 0.15) is 5.56 Å². The molecule has 0 radical (unpaired) electrons. The lowest BCUT2D eigenvalue weighted by atomic mass is 10.1. The van der Waals surface area contributed by atoms with Crippen LogP contribution in [-0.2, 0) is 0 Å². The first kappa shape index (κ1) is 8.91. The number of pyridine rings is 1. The van der Waals surface area contributed by atoms with Gasteiger partial charge in [0.1, 0.15) is 0 Å². The lowest BCUT2D eigenvalue weighted by Gasteiger charge is -1.99. The number of hydrogen-bond donors (Lipinski definition) is 1. The summed E-state index contributed by atoms with van der Waals surface area (Å²) in [6.07, 6.45) is 5.75. The zero-order chi connectivity index (χ0) is 9.80. The van der Waals surface area contributed by atoms with E-state index in [-0.39, 0.29) is 0 Å². The molecule has 0 atom stereocenters. The van der Waals surface area contributed by atoms with Crippen LogP contribution in [-0.4, -0.2) is 11.5 Å². The highest BCUT2D eigenvalue weighted by Gasteiger charge is 1.96. The third-order valence-corrected chi connectivity index (χ3v) is 2.10. The quantitative estimate of drug-likeness (QED) is 0.777. The molecule has 2 nitrogen and oxygen atoms in total. The molecule has 0 amide bonds. The standard InChI is InChI=1S/C12H12N2/c13-8-2-6-10-4-1-5-11-7-3-9-14-12(10)11/h1-7,9H,8,13H2. The highest BCUT2D eigenvalue weighted by atomic mass is 14.6. The Hall–Kier alpha value is -1.67. The van der Waals surface area contributed by atoms with E-state index in [2.05, 4.69) is 17.1 Å². The zero-order valence-corrected chi connectivity index (χ0v) is 7.85. The Labute approximate surface area is 83.1 Å². The molecule has 0 fully saturated rings. The molecule has 2 rings (SSSR count). The van der Waals surface area contributed by atoms with Crippen molar-refractivity contribution in [3.8, 4) is 0 Å². The first-order chi connectivity index (χ1) is 6.92. The molecule has 2 heteroatoms. The molecule has 2 N–H and O–H groups in total. The molecule has 1 heterocycles. The van der Waals surface area contributed by atoms with Crippen molar-refractivity contribution in [2.45, 2.75) is 0 Å². The van der Waals surface area contributed by atoms with E-state index in [0.717, 1.165) is 16.5 Å². The van der Waals surface area contributed by atoms with E-state index in [1.54, 1.807) is 0 Å². The van der Waals surface area contributed by atoms with Crippen molar-refractivity contribution < 1.29 is 0 Å². The number of para-hydroxylation sites is 1. The molecule has 0 aliphatic rings. The molecule has 0 unspecified atom stereocenters. The van der Waals surface area contributed by atoms with Gasteiger partial charge in [-0.1, -0.05) is 36.4 Å². The van der Waals surface area contributed by atoms with E-state index in [9.17, 15) is 0 Å². The van der Waals surface area contributed by atoms with Crippen molar-refractivity contribution >= 4 is 17.0 Å². The number of nitrogens with two attached hydrogens (primary N) is 1. The Morgan fingerprint density at radius 2 is 2.07 bits per heavy atom. The summed E-state index contributed by atoms with van der Waals surface area (Å²) in [5.74, 6) is 0. The first-order valence-corrected chi connectivity index (χ1v) is 4.62. The van der Waals surface area contributed by atoms with Gasteiger partial charge in [-0.3, -0.25) is 4.98 Å². The summed E-state index contributed by atoms with van der Waals surface area (Å²) < 4.78 is 0. The maximum atomic E-state index is 5.41. The molecular weight excluding hydrogens is 172 g/mol. The average Bonchev–Trinajstić information content (AvgIpc) is 2.26. The number of hydrogen-bond acceptors (Lipinski definition) is 2. The van der Waals surface area contributed by atoms with Crippen LogP contribution in [0, 0.1) is 0 Å². The van der Waals surface area contributed by atoms with Gasteiger partial charge in [0.2, 0.25) is 0 Å². The van der Waals surface area contributed by atoms with Gasteiger partial charge < -0.3 is 5.73 Å². The second kappa shape index (κ2) is 4.03. The third kappa shape index (κ3) is 1.65. The lowest BCUT2D eigenvalue weighted by molar-refractivity contribution is 1.26. The van der Waals surface area contributed by atoms with Gasteiger partial charge >= 0.3 is 0 Å². The molecule has 2 aromatic rings. The van der Waals surface area contributed by atoms with E-state index in [0.29, 0.717) is 6.54 Å². The van der Waals surface area contributed by atoms with Crippen LogP contribution in [0.15, 0.2) is 42.6 Å². The van der Waals surface area contributed by atoms with E-state index >= 15 is 0 Å². The van der Waals surface area contributed by atoms with E-state index in [4.69, 9.17) is 5.73 Å². The van der Waals surface area contributed by atoms with Gasteiger partial charge in [-0.2, -0.15) is 0 Å². The molecule has 0 aliphatic heterocycles. The summed E-state index contributed by atoms with van der Waals surface area (Å²) in [6.45, 7) is 0.559. The number of benzene rings is 1. The number of aromatic nitrogens is 1. The Bertz CT molecular complexity index is 455. The van der Waals surface area contributed by atoms with E-state index in [1.165, 1.54) is 0 Å². The van der Waals surface area contributed by atoms with Gasteiger partial charge in [-0.25, -0.2) is 0 Å². The molecule has 1 aromatic heterocycles. The largest absolute Gasteiger partial charge is 0.327 e. The smallest absolute Gasteiger partial charge is 0.0774 e. The van der Waals surface area contributed by atoms with Crippen molar-refractivity contribution in [1.82, 2.24) is 4.98 Å². The predicted octanol–water partition coefficient (Wildman–Crippen LogP) is 2.21. The SMILES string of the molecule is NCC=Cc1cccc2cccnc12. The second-order valence-corrected chi connectivity index (χ2v) is 3.06. The maximum Gasteiger partial charge on any atom is 0.0774 e. The Morgan fingerprint density at radius 1 is 1.21 bits per heavy atom. The van der Waals surface area contributed by atoms with Gasteiger partial charge in [0, 0.05) is 23.7 Å². The van der Waals surface area contributed by atoms with E-state index in [1.807, 2.05) is 36.5 Å². The normalized spacial score (nSPS) is 11.2. The van der Waals surface area contributed by atoms with Crippen molar-refractivity contribution in [2.75, 3.05) is 6.54 Å². The molecular formula is C12H12N2. The molecule has 1 aromatic carbocycles. The molecule has 70 valence electrons. The maximum absolute atomic E-state index is 5.41. The monoisotopic (exact) mass is 184 g/mol. The Balaban J connectivity index is 2.59. The molecule has 0 aliphatic carbocycles. The van der Waals surface area contributed by atoms with Gasteiger partial charge in [-0.15, -0.1) is 0 Å². The average molecular weight is 184 g/mol. The van der Waals surface area contributed by atoms with Crippen LogP contribution in [0.4, 0.5) is 0 Å². The zero-order valence-electron chi connectivity index (χ0n) is 7.85. The highest BCUT2D eigenvalue weighted by molar-refractivity contribution is 5.86. The van der Waals surface area contributed by atoms with Crippen LogP contribution < -0.4 is 5.73 Å². The summed E-state index contributed by atoms with van der Waals surface area (Å²) in [6, 6.07) is 10.1. The number of rotatable bonds is 2. The van der Waals surface area contributed by atoms with Crippen molar-refractivity contribution in [3.63, 3.8) is 0 Å². The third-order valence-electron chi connectivity index (χ3n) is 2.10. The minimum Gasteiger partial charge on any atom is -0.327 e. The summed E-state index contributed by atoms with van der Waals surface area (Å²) in [5.41, 5.74) is 7.56. The van der Waals surface area contributed by atoms with Gasteiger partial charge in [0.15, 0.2) is 0 Å². The summed E-state index contributed by atoms with van der Waals surface area (Å²) >= 11 is 0. The van der Waals surface area contributed by atoms with Gasteiger partial charge in [0.05, 0.1) is 5.52 Å². The Morgan fingerprint density at radius 3 is 2.93 bits per heavy atom. The fourth-order valence-corrected chi connectivity index (χ4v) is 1.46. The fraction of sp³-hybridized carbons (Fsp3) is 0.0833. The van der Waals surface area contributed by atoms with Crippen LogP contribution in [0.25, 0.3) is 17.0 Å². The predicted molar refractivity (Wildman–Crippen MR) is 59.8 cm³/mol. The summed E-state index contributed by atoms with van der Waals surface area (Å²) in [5, 5.41) is 1.16. The van der Waals surface area contributed by atoms with Gasteiger partial charge in [-0.05, 0) is 6.07 Å². The first-order valence-electron chi connectivity index (χ1n) is 4.62. The Kier molecular flexibility index (Phi) is 2.56. The van der Waals surface area contributed by atoms with Crippen LogP contribution in [0.2, 0.25) is 0 Å². The van der Waals surface area contributed by atoms with Crippen molar-refractivity contribution in [3.05, 3.63) is 48.2 Å². The number of nitrogens with zero attached hydrogens (tertiary/aromatic N) is 1. The molecule has 14 heavy (non-hydrogen) atoms. The van der Waals surface area contributed by atoms with Gasteiger partial charge in [0.25, 0.3) is 0 Å². The summed E-state index contributed by atoms with van der Waals surface area (Å²) in [4.78, 5) is 4.34. The summed E-state index contributed by atoms with van der Waals surface area (Å²) in [7, 11) is 0.